The summed E-state index contributed by atoms with van der Waals surface area (Å²) >= 11 is 0. The zero-order valence-electron chi connectivity index (χ0n) is 10.4. The van der Waals surface area contributed by atoms with Gasteiger partial charge in [0.1, 0.15) is 0 Å². The minimum atomic E-state index is -0.306. The van der Waals surface area contributed by atoms with E-state index in [0.717, 1.165) is 5.56 Å². The third kappa shape index (κ3) is 2.81. The predicted octanol–water partition coefficient (Wildman–Crippen LogP) is 2.56. The molecule has 1 aromatic rings. The van der Waals surface area contributed by atoms with Crippen LogP contribution in [0.2, 0.25) is 0 Å². The lowest BCUT2D eigenvalue weighted by atomic mass is 10.1. The van der Waals surface area contributed by atoms with Crippen LogP contribution in [0.5, 0.6) is 0 Å². The monoisotopic (exact) mass is 231 g/mol. The number of carbonyl (C=O) groups is 2. The SMILES string of the molecule is C=CC(C)N(C(C)=O)C(=O)c1ccccc1C. The topological polar surface area (TPSA) is 37.4 Å². The quantitative estimate of drug-likeness (QED) is 0.750. The summed E-state index contributed by atoms with van der Waals surface area (Å²) in [7, 11) is 0. The van der Waals surface area contributed by atoms with E-state index < -0.39 is 0 Å². The van der Waals surface area contributed by atoms with E-state index in [1.54, 1.807) is 25.1 Å². The van der Waals surface area contributed by atoms with Crippen LogP contribution < -0.4 is 0 Å². The Morgan fingerprint density at radius 3 is 2.41 bits per heavy atom. The van der Waals surface area contributed by atoms with Crippen LogP contribution in [0.15, 0.2) is 36.9 Å². The smallest absolute Gasteiger partial charge is 0.261 e. The largest absolute Gasteiger partial charge is 0.275 e. The molecule has 0 aliphatic carbocycles. The number of benzene rings is 1. The van der Waals surface area contributed by atoms with Crippen molar-refractivity contribution in [1.82, 2.24) is 4.90 Å². The minimum absolute atomic E-state index is 0.273. The van der Waals surface area contributed by atoms with Gasteiger partial charge in [0.15, 0.2) is 0 Å². The van der Waals surface area contributed by atoms with Crippen molar-refractivity contribution in [3.8, 4) is 0 Å². The van der Waals surface area contributed by atoms with Crippen molar-refractivity contribution in [1.29, 1.82) is 0 Å². The number of aryl methyl sites for hydroxylation is 1. The van der Waals surface area contributed by atoms with Crippen molar-refractivity contribution in [2.75, 3.05) is 0 Å². The number of carbonyl (C=O) groups excluding carboxylic acids is 2. The first-order valence-electron chi connectivity index (χ1n) is 5.51. The number of nitrogens with zero attached hydrogens (tertiary/aromatic N) is 1. The molecule has 0 saturated heterocycles. The van der Waals surface area contributed by atoms with Gasteiger partial charge in [-0.3, -0.25) is 14.5 Å². The van der Waals surface area contributed by atoms with Crippen LogP contribution >= 0.6 is 0 Å². The Morgan fingerprint density at radius 1 is 1.35 bits per heavy atom. The Kier molecular flexibility index (Phi) is 4.21. The van der Waals surface area contributed by atoms with Crippen molar-refractivity contribution >= 4 is 11.8 Å². The number of amides is 2. The Morgan fingerprint density at radius 2 is 1.94 bits per heavy atom. The molecule has 1 aromatic carbocycles. The average Bonchev–Trinajstić information content (AvgIpc) is 2.28. The second kappa shape index (κ2) is 5.43. The minimum Gasteiger partial charge on any atom is -0.275 e. The Balaban J connectivity index is 3.13. The molecule has 0 aliphatic rings. The van der Waals surface area contributed by atoms with Gasteiger partial charge in [0, 0.05) is 12.5 Å². The maximum atomic E-state index is 12.3. The molecule has 0 bridgehead atoms. The molecule has 0 N–H and O–H groups in total. The number of hydrogen-bond donors (Lipinski definition) is 0. The molecule has 1 unspecified atom stereocenters. The summed E-state index contributed by atoms with van der Waals surface area (Å²) in [5.74, 6) is -0.548. The highest BCUT2D eigenvalue weighted by molar-refractivity contribution is 6.05. The molecule has 0 saturated carbocycles. The lowest BCUT2D eigenvalue weighted by molar-refractivity contribution is -0.127. The van der Waals surface area contributed by atoms with E-state index in [1.165, 1.54) is 11.8 Å². The van der Waals surface area contributed by atoms with E-state index in [4.69, 9.17) is 0 Å². The predicted molar refractivity (Wildman–Crippen MR) is 67.7 cm³/mol. The van der Waals surface area contributed by atoms with E-state index >= 15 is 0 Å². The molecule has 0 aromatic heterocycles. The van der Waals surface area contributed by atoms with Crippen LogP contribution in [0.25, 0.3) is 0 Å². The van der Waals surface area contributed by atoms with Gasteiger partial charge in [0.25, 0.3) is 5.91 Å². The van der Waals surface area contributed by atoms with Gasteiger partial charge >= 0.3 is 0 Å². The number of imide groups is 1. The molecular formula is C14H17NO2. The van der Waals surface area contributed by atoms with Gasteiger partial charge in [0.2, 0.25) is 5.91 Å². The van der Waals surface area contributed by atoms with Gasteiger partial charge in [0.05, 0.1) is 6.04 Å². The van der Waals surface area contributed by atoms with Crippen LogP contribution in [0.4, 0.5) is 0 Å². The van der Waals surface area contributed by atoms with Crippen molar-refractivity contribution in [3.05, 3.63) is 48.0 Å². The summed E-state index contributed by atoms with van der Waals surface area (Å²) in [5, 5.41) is 0. The average molecular weight is 231 g/mol. The highest BCUT2D eigenvalue weighted by Gasteiger charge is 2.24. The molecule has 17 heavy (non-hydrogen) atoms. The van der Waals surface area contributed by atoms with E-state index in [9.17, 15) is 9.59 Å². The zero-order valence-corrected chi connectivity index (χ0v) is 10.4. The van der Waals surface area contributed by atoms with E-state index in [-0.39, 0.29) is 17.9 Å². The molecular weight excluding hydrogens is 214 g/mol. The summed E-state index contributed by atoms with van der Waals surface area (Å²) in [5.41, 5.74) is 1.41. The first-order chi connectivity index (χ1) is 7.99. The Hall–Kier alpha value is -1.90. The molecule has 0 radical (unpaired) electrons. The molecule has 0 aliphatic heterocycles. The molecule has 3 nitrogen and oxygen atoms in total. The fourth-order valence-corrected chi connectivity index (χ4v) is 1.66. The van der Waals surface area contributed by atoms with Crippen molar-refractivity contribution in [2.45, 2.75) is 26.8 Å². The summed E-state index contributed by atoms with van der Waals surface area (Å²) < 4.78 is 0. The molecule has 0 spiro atoms. The molecule has 90 valence electrons. The van der Waals surface area contributed by atoms with Gasteiger partial charge in [-0.1, -0.05) is 24.3 Å². The summed E-state index contributed by atoms with van der Waals surface area (Å²) in [4.78, 5) is 25.0. The fraction of sp³-hybridized carbons (Fsp3) is 0.286. The normalized spacial score (nSPS) is 11.7. The standard InChI is InChI=1S/C14H17NO2/c1-5-11(3)15(12(4)16)14(17)13-9-7-6-8-10(13)2/h5-9,11H,1H2,2-4H3. The molecule has 2 amide bonds. The van der Waals surface area contributed by atoms with Crippen LogP contribution in [0.3, 0.4) is 0 Å². The van der Waals surface area contributed by atoms with E-state index in [2.05, 4.69) is 6.58 Å². The van der Waals surface area contributed by atoms with Gasteiger partial charge < -0.3 is 0 Å². The summed E-state index contributed by atoms with van der Waals surface area (Å²) in [6.07, 6.45) is 1.58. The Labute approximate surface area is 102 Å². The highest BCUT2D eigenvalue weighted by atomic mass is 16.2. The van der Waals surface area contributed by atoms with Crippen LogP contribution in [-0.4, -0.2) is 22.8 Å². The number of rotatable bonds is 3. The van der Waals surface area contributed by atoms with Crippen LogP contribution in [0.1, 0.15) is 29.8 Å². The fourth-order valence-electron chi connectivity index (χ4n) is 1.66. The third-order valence-electron chi connectivity index (χ3n) is 2.68. The van der Waals surface area contributed by atoms with Crippen LogP contribution in [-0.2, 0) is 4.79 Å². The lowest BCUT2D eigenvalue weighted by Crippen LogP contribution is -2.41. The summed E-state index contributed by atoms with van der Waals surface area (Å²) in [6, 6.07) is 6.92. The Bertz CT molecular complexity index is 451. The molecule has 1 rings (SSSR count). The van der Waals surface area contributed by atoms with Crippen molar-refractivity contribution in [2.24, 2.45) is 0 Å². The second-order valence-corrected chi connectivity index (χ2v) is 3.99. The number of hydrogen-bond acceptors (Lipinski definition) is 2. The van der Waals surface area contributed by atoms with Gasteiger partial charge in [-0.15, -0.1) is 6.58 Å². The molecule has 0 fully saturated rings. The van der Waals surface area contributed by atoms with Gasteiger partial charge in [-0.25, -0.2) is 0 Å². The highest BCUT2D eigenvalue weighted by Crippen LogP contribution is 2.13. The second-order valence-electron chi connectivity index (χ2n) is 3.99. The maximum absolute atomic E-state index is 12.3. The maximum Gasteiger partial charge on any atom is 0.261 e. The van der Waals surface area contributed by atoms with Gasteiger partial charge in [-0.05, 0) is 25.5 Å². The first-order valence-corrected chi connectivity index (χ1v) is 5.51. The molecule has 0 heterocycles. The lowest BCUT2D eigenvalue weighted by Gasteiger charge is -2.24. The molecule has 3 heteroatoms. The van der Waals surface area contributed by atoms with Crippen molar-refractivity contribution in [3.63, 3.8) is 0 Å². The van der Waals surface area contributed by atoms with Crippen molar-refractivity contribution < 1.29 is 9.59 Å². The molecule has 1 atom stereocenters. The van der Waals surface area contributed by atoms with E-state index in [0.29, 0.717) is 5.56 Å². The first kappa shape index (κ1) is 13.2. The van der Waals surface area contributed by atoms with E-state index in [1.807, 2.05) is 19.1 Å². The van der Waals surface area contributed by atoms with Crippen LogP contribution in [0, 0.1) is 6.92 Å². The third-order valence-corrected chi connectivity index (χ3v) is 2.68. The summed E-state index contributed by atoms with van der Waals surface area (Å²) in [6.45, 7) is 8.62. The zero-order chi connectivity index (χ0) is 13.0. The van der Waals surface area contributed by atoms with Gasteiger partial charge in [-0.2, -0.15) is 0 Å².